The predicted octanol–water partition coefficient (Wildman–Crippen LogP) is 3.05. The molecule has 0 spiro atoms. The molecule has 2 aliphatic rings. The van der Waals surface area contributed by atoms with E-state index in [1.165, 1.54) is 0 Å². The minimum atomic E-state index is -0.348. The molecule has 114 valence electrons. The lowest BCUT2D eigenvalue weighted by Gasteiger charge is -2.29. The van der Waals surface area contributed by atoms with Gasteiger partial charge in [-0.25, -0.2) is 4.79 Å². The maximum atomic E-state index is 12.4. The Morgan fingerprint density at radius 1 is 1.36 bits per heavy atom. The number of ether oxygens (including phenoxy) is 1. The Kier molecular flexibility index (Phi) is 4.16. The molecule has 0 aromatic heterocycles. The Bertz CT molecular complexity index is 676. The van der Waals surface area contributed by atoms with Crippen LogP contribution in [0.2, 0.25) is 0 Å². The van der Waals surface area contributed by atoms with Crippen molar-refractivity contribution in [3.63, 3.8) is 0 Å². The second-order valence-corrected chi connectivity index (χ2v) is 6.22. The molecule has 4 nitrogen and oxygen atoms in total. The Balaban J connectivity index is 2.10. The van der Waals surface area contributed by atoms with Crippen molar-refractivity contribution >= 4 is 33.5 Å². The quantitative estimate of drug-likeness (QED) is 0.664. The zero-order valence-electron chi connectivity index (χ0n) is 12.1. The number of benzene rings is 1. The fraction of sp³-hybridized carbons (Fsp3) is 0.294. The van der Waals surface area contributed by atoms with E-state index in [0.29, 0.717) is 24.3 Å². The molecule has 3 rings (SSSR count). The summed E-state index contributed by atoms with van der Waals surface area (Å²) in [5, 5.41) is 2.89. The number of hydrogen-bond acceptors (Lipinski definition) is 3. The lowest BCUT2D eigenvalue weighted by atomic mass is 9.82. The fourth-order valence-corrected chi connectivity index (χ4v) is 3.25. The van der Waals surface area contributed by atoms with Crippen molar-refractivity contribution < 1.29 is 14.3 Å². The highest BCUT2D eigenvalue weighted by molar-refractivity contribution is 9.10. The van der Waals surface area contributed by atoms with Gasteiger partial charge in [0, 0.05) is 10.4 Å². The Labute approximate surface area is 137 Å². The number of fused-ring (bicyclic) bond motifs is 1. The van der Waals surface area contributed by atoms with Gasteiger partial charge in [-0.05, 0) is 31.0 Å². The molecule has 0 unspecified atom stereocenters. The van der Waals surface area contributed by atoms with Crippen LogP contribution in [0.5, 0.6) is 0 Å². The van der Waals surface area contributed by atoms with Gasteiger partial charge >= 0.3 is 5.97 Å². The van der Waals surface area contributed by atoms with Gasteiger partial charge in [-0.3, -0.25) is 4.79 Å². The van der Waals surface area contributed by atoms with Crippen LogP contribution in [-0.4, -0.2) is 18.5 Å². The average Bonchev–Trinajstić information content (AvgIpc) is 2.98. The first kappa shape index (κ1) is 15.0. The molecule has 1 aromatic carbocycles. The maximum Gasteiger partial charge on any atom is 0.336 e. The molecular weight excluding hydrogens is 346 g/mol. The van der Waals surface area contributed by atoms with Crippen molar-refractivity contribution in [3.8, 4) is 0 Å². The third kappa shape index (κ3) is 2.61. The summed E-state index contributed by atoms with van der Waals surface area (Å²) in [4.78, 5) is 24.7. The number of amides is 1. The Hall–Kier alpha value is -1.88. The van der Waals surface area contributed by atoms with E-state index in [-0.39, 0.29) is 23.7 Å². The SMILES string of the molecule is CCOC(=O)C1=C(c2ccc(Br)cc2)NC(=O)[C@@H]2C=CC[C@H]12. The van der Waals surface area contributed by atoms with E-state index in [4.69, 9.17) is 4.74 Å². The zero-order chi connectivity index (χ0) is 15.7. The zero-order valence-corrected chi connectivity index (χ0v) is 13.7. The molecule has 2 atom stereocenters. The van der Waals surface area contributed by atoms with Gasteiger partial charge in [0.05, 0.1) is 23.8 Å². The molecule has 5 heteroatoms. The van der Waals surface area contributed by atoms with Crippen LogP contribution >= 0.6 is 15.9 Å². The second-order valence-electron chi connectivity index (χ2n) is 5.30. The molecule has 0 fully saturated rings. The number of hydrogen-bond donors (Lipinski definition) is 1. The summed E-state index contributed by atoms with van der Waals surface area (Å²) in [6.07, 6.45) is 4.52. The van der Waals surface area contributed by atoms with Gasteiger partial charge in [0.1, 0.15) is 0 Å². The highest BCUT2D eigenvalue weighted by Crippen LogP contribution is 2.39. The molecule has 1 aromatic rings. The Morgan fingerprint density at radius 2 is 2.09 bits per heavy atom. The van der Waals surface area contributed by atoms with Gasteiger partial charge < -0.3 is 10.1 Å². The summed E-state index contributed by atoms with van der Waals surface area (Å²) in [5.74, 6) is -0.825. The fourth-order valence-electron chi connectivity index (χ4n) is 2.99. The first-order chi connectivity index (χ1) is 10.6. The van der Waals surface area contributed by atoms with Crippen LogP contribution in [0.4, 0.5) is 0 Å². The molecule has 0 bridgehead atoms. The minimum Gasteiger partial charge on any atom is -0.463 e. The second kappa shape index (κ2) is 6.08. The third-order valence-corrected chi connectivity index (χ3v) is 4.51. The standard InChI is InChI=1S/C17H16BrNO3/c1-2-22-17(21)14-12-4-3-5-13(12)16(20)19-15(14)10-6-8-11(18)9-7-10/h3,5-9,12-13H,2,4H2,1H3,(H,19,20)/t12-,13+/m0/s1. The summed E-state index contributed by atoms with van der Waals surface area (Å²) >= 11 is 3.39. The van der Waals surface area contributed by atoms with E-state index >= 15 is 0 Å². The highest BCUT2D eigenvalue weighted by Gasteiger charge is 2.41. The van der Waals surface area contributed by atoms with Gasteiger partial charge in [0.25, 0.3) is 0 Å². The van der Waals surface area contributed by atoms with E-state index < -0.39 is 0 Å². The maximum absolute atomic E-state index is 12.4. The van der Waals surface area contributed by atoms with Crippen molar-refractivity contribution in [1.82, 2.24) is 5.32 Å². The highest BCUT2D eigenvalue weighted by atomic mass is 79.9. The first-order valence-electron chi connectivity index (χ1n) is 7.26. The summed E-state index contributed by atoms with van der Waals surface area (Å²) < 4.78 is 6.16. The van der Waals surface area contributed by atoms with Crippen molar-refractivity contribution in [2.45, 2.75) is 13.3 Å². The van der Waals surface area contributed by atoms with E-state index in [1.807, 2.05) is 36.4 Å². The van der Waals surface area contributed by atoms with Crippen molar-refractivity contribution in [2.75, 3.05) is 6.61 Å². The smallest absolute Gasteiger partial charge is 0.336 e. The first-order valence-corrected chi connectivity index (χ1v) is 8.06. The lowest BCUT2D eigenvalue weighted by molar-refractivity contribution is -0.139. The van der Waals surface area contributed by atoms with E-state index in [1.54, 1.807) is 6.92 Å². The van der Waals surface area contributed by atoms with Crippen LogP contribution in [0.1, 0.15) is 18.9 Å². The van der Waals surface area contributed by atoms with Gasteiger partial charge in [-0.2, -0.15) is 0 Å². The van der Waals surface area contributed by atoms with Gasteiger partial charge in [-0.15, -0.1) is 0 Å². The molecule has 0 saturated carbocycles. The largest absolute Gasteiger partial charge is 0.463 e. The average molecular weight is 362 g/mol. The van der Waals surface area contributed by atoms with Crippen LogP contribution in [0, 0.1) is 11.8 Å². The summed E-state index contributed by atoms with van der Waals surface area (Å²) in [6.45, 7) is 2.10. The molecular formula is C17H16BrNO3. The molecule has 1 N–H and O–H groups in total. The van der Waals surface area contributed by atoms with Gasteiger partial charge in [0.2, 0.25) is 5.91 Å². The predicted molar refractivity (Wildman–Crippen MR) is 86.6 cm³/mol. The normalized spacial score (nSPS) is 23.3. The van der Waals surface area contributed by atoms with Gasteiger partial charge in [-0.1, -0.05) is 40.2 Å². The summed E-state index contributed by atoms with van der Waals surface area (Å²) in [5.41, 5.74) is 1.95. The molecule has 1 aliphatic heterocycles. The van der Waals surface area contributed by atoms with E-state index in [2.05, 4.69) is 21.2 Å². The van der Waals surface area contributed by atoms with Crippen molar-refractivity contribution in [1.29, 1.82) is 0 Å². The summed E-state index contributed by atoms with van der Waals surface area (Å²) in [6, 6.07) is 7.52. The van der Waals surface area contributed by atoms with Crippen LogP contribution in [-0.2, 0) is 14.3 Å². The number of carbonyl (C=O) groups excluding carboxylic acids is 2. The van der Waals surface area contributed by atoms with Crippen LogP contribution in [0.25, 0.3) is 5.70 Å². The Morgan fingerprint density at radius 3 is 2.77 bits per heavy atom. The van der Waals surface area contributed by atoms with Crippen molar-refractivity contribution in [2.24, 2.45) is 11.8 Å². The van der Waals surface area contributed by atoms with Crippen LogP contribution in [0.3, 0.4) is 0 Å². The third-order valence-electron chi connectivity index (χ3n) is 3.99. The monoisotopic (exact) mass is 361 g/mol. The molecule has 1 amide bonds. The van der Waals surface area contributed by atoms with E-state index in [9.17, 15) is 9.59 Å². The number of allylic oxidation sites excluding steroid dienone is 1. The molecule has 22 heavy (non-hydrogen) atoms. The van der Waals surface area contributed by atoms with Crippen molar-refractivity contribution in [3.05, 3.63) is 52.0 Å². The molecule has 1 aliphatic carbocycles. The molecule has 0 radical (unpaired) electrons. The van der Waals surface area contributed by atoms with Crippen LogP contribution < -0.4 is 5.32 Å². The molecule has 1 heterocycles. The van der Waals surface area contributed by atoms with Crippen LogP contribution in [0.15, 0.2) is 46.5 Å². The summed E-state index contributed by atoms with van der Waals surface area (Å²) in [7, 11) is 0. The van der Waals surface area contributed by atoms with E-state index in [0.717, 1.165) is 10.0 Å². The number of rotatable bonds is 3. The number of esters is 1. The molecule has 0 saturated heterocycles. The lowest BCUT2D eigenvalue weighted by Crippen LogP contribution is -2.40. The minimum absolute atomic E-state index is 0.0651. The number of nitrogens with one attached hydrogen (secondary N) is 1. The van der Waals surface area contributed by atoms with Gasteiger partial charge in [0.15, 0.2) is 0 Å². The number of carbonyl (C=O) groups is 2. The topological polar surface area (TPSA) is 55.4 Å². The number of halogens is 1.